The maximum Gasteiger partial charge on any atom is 0.227 e. The van der Waals surface area contributed by atoms with Gasteiger partial charge >= 0.3 is 0 Å². The van der Waals surface area contributed by atoms with E-state index in [2.05, 4.69) is 5.32 Å². The van der Waals surface area contributed by atoms with Gasteiger partial charge in [-0.1, -0.05) is 12.8 Å². The molecule has 0 heterocycles. The highest BCUT2D eigenvalue weighted by atomic mass is 35.5. The van der Waals surface area contributed by atoms with Crippen molar-refractivity contribution in [3.8, 4) is 5.75 Å². The molecular weight excluding hydrogens is 340 g/mol. The third-order valence-electron chi connectivity index (χ3n) is 5.16. The van der Waals surface area contributed by atoms with Crippen molar-refractivity contribution in [2.24, 2.45) is 11.7 Å². The number of nitrogens with one attached hydrogen (secondary N) is 1. The van der Waals surface area contributed by atoms with E-state index in [0.717, 1.165) is 62.8 Å². The molecule has 5 nitrogen and oxygen atoms in total. The van der Waals surface area contributed by atoms with E-state index in [9.17, 15) is 9.90 Å². The van der Waals surface area contributed by atoms with Gasteiger partial charge in [0, 0.05) is 17.6 Å². The van der Waals surface area contributed by atoms with Crippen molar-refractivity contribution in [1.82, 2.24) is 0 Å². The van der Waals surface area contributed by atoms with Gasteiger partial charge in [0.2, 0.25) is 5.91 Å². The first-order valence-corrected chi connectivity index (χ1v) is 9.13. The van der Waals surface area contributed by atoms with Crippen LogP contribution in [0, 0.1) is 5.92 Å². The normalized spacial score (nSPS) is 29.4. The van der Waals surface area contributed by atoms with Crippen LogP contribution in [0.1, 0.15) is 51.4 Å². The van der Waals surface area contributed by atoms with Crippen LogP contribution < -0.4 is 15.8 Å². The molecule has 2 aliphatic rings. The largest absolute Gasteiger partial charge is 0.488 e. The molecule has 0 saturated heterocycles. The Morgan fingerprint density at radius 2 is 1.80 bits per heavy atom. The Hall–Kier alpha value is -1.30. The van der Waals surface area contributed by atoms with Crippen molar-refractivity contribution >= 4 is 24.0 Å². The Morgan fingerprint density at radius 1 is 1.08 bits per heavy atom. The first-order valence-electron chi connectivity index (χ1n) is 9.13. The first-order chi connectivity index (χ1) is 11.6. The molecule has 140 valence electrons. The standard InChI is InChI=1S/C19H28N2O3.ClH/c20-14-5-3-4-13(12-14)19(23)21-15-8-10-16(11-9-15)24-18-7-2-1-6-17(18)22;/h8-11,13-14,17-18,22H,1-7,12,20H2,(H,21,23);1H. The highest BCUT2D eigenvalue weighted by Crippen LogP contribution is 2.27. The number of carbonyl (C=O) groups is 1. The Labute approximate surface area is 155 Å². The summed E-state index contributed by atoms with van der Waals surface area (Å²) < 4.78 is 5.88. The van der Waals surface area contributed by atoms with Crippen LogP contribution in [0.3, 0.4) is 0 Å². The second-order valence-corrected chi connectivity index (χ2v) is 7.15. The van der Waals surface area contributed by atoms with E-state index in [1.807, 2.05) is 24.3 Å². The predicted octanol–water partition coefficient (Wildman–Crippen LogP) is 3.25. The van der Waals surface area contributed by atoms with Crippen LogP contribution in [-0.2, 0) is 4.79 Å². The van der Waals surface area contributed by atoms with E-state index in [1.165, 1.54) is 0 Å². The number of amides is 1. The lowest BCUT2D eigenvalue weighted by molar-refractivity contribution is -0.120. The van der Waals surface area contributed by atoms with E-state index in [0.29, 0.717) is 0 Å². The highest BCUT2D eigenvalue weighted by molar-refractivity contribution is 5.92. The molecule has 0 radical (unpaired) electrons. The van der Waals surface area contributed by atoms with Crippen LogP contribution in [-0.4, -0.2) is 29.3 Å². The zero-order valence-electron chi connectivity index (χ0n) is 14.5. The number of anilines is 1. The lowest BCUT2D eigenvalue weighted by atomic mass is 9.85. The number of hydrogen-bond donors (Lipinski definition) is 3. The van der Waals surface area contributed by atoms with Crippen molar-refractivity contribution in [3.05, 3.63) is 24.3 Å². The minimum absolute atomic E-state index is 0. The van der Waals surface area contributed by atoms with Gasteiger partial charge in [0.1, 0.15) is 11.9 Å². The summed E-state index contributed by atoms with van der Waals surface area (Å²) in [6, 6.07) is 7.55. The second-order valence-electron chi connectivity index (χ2n) is 7.15. The summed E-state index contributed by atoms with van der Waals surface area (Å²) in [5, 5.41) is 12.9. The van der Waals surface area contributed by atoms with Crippen LogP contribution in [0.15, 0.2) is 24.3 Å². The Balaban J connectivity index is 0.00000225. The molecular formula is C19H29ClN2O3. The molecule has 0 aromatic heterocycles. The summed E-state index contributed by atoms with van der Waals surface area (Å²) in [7, 11) is 0. The van der Waals surface area contributed by atoms with Crippen molar-refractivity contribution in [2.75, 3.05) is 5.32 Å². The lowest BCUT2D eigenvalue weighted by Gasteiger charge is -2.28. The van der Waals surface area contributed by atoms with Gasteiger partial charge in [-0.15, -0.1) is 12.4 Å². The lowest BCUT2D eigenvalue weighted by Crippen LogP contribution is -2.34. The number of hydrogen-bond acceptors (Lipinski definition) is 4. The molecule has 1 aromatic carbocycles. The van der Waals surface area contributed by atoms with Gasteiger partial charge in [0.25, 0.3) is 0 Å². The number of rotatable bonds is 4. The molecule has 0 spiro atoms. The number of carbonyl (C=O) groups excluding carboxylic acids is 1. The summed E-state index contributed by atoms with van der Waals surface area (Å²) in [6.45, 7) is 0. The topological polar surface area (TPSA) is 84.6 Å². The van der Waals surface area contributed by atoms with Crippen LogP contribution in [0.2, 0.25) is 0 Å². The van der Waals surface area contributed by atoms with E-state index < -0.39 is 0 Å². The third kappa shape index (κ3) is 5.59. The van der Waals surface area contributed by atoms with Crippen molar-refractivity contribution in [2.45, 2.75) is 69.6 Å². The zero-order valence-corrected chi connectivity index (χ0v) is 15.3. The molecule has 2 fully saturated rings. The SMILES string of the molecule is Cl.NC1CCCC(C(=O)Nc2ccc(OC3CCCCC3O)cc2)C1. The molecule has 3 rings (SSSR count). The first kappa shape index (κ1) is 20.0. The average Bonchev–Trinajstić information content (AvgIpc) is 2.58. The van der Waals surface area contributed by atoms with Crippen molar-refractivity contribution in [3.63, 3.8) is 0 Å². The van der Waals surface area contributed by atoms with Crippen LogP contribution in [0.5, 0.6) is 5.75 Å². The third-order valence-corrected chi connectivity index (χ3v) is 5.16. The van der Waals surface area contributed by atoms with Gasteiger partial charge in [-0.3, -0.25) is 4.79 Å². The molecule has 4 unspecified atom stereocenters. The quantitative estimate of drug-likeness (QED) is 0.761. The van der Waals surface area contributed by atoms with E-state index in [1.54, 1.807) is 0 Å². The van der Waals surface area contributed by atoms with E-state index in [-0.39, 0.29) is 42.5 Å². The smallest absolute Gasteiger partial charge is 0.227 e. The molecule has 6 heteroatoms. The molecule has 1 amide bonds. The van der Waals surface area contributed by atoms with Crippen LogP contribution >= 0.6 is 12.4 Å². The van der Waals surface area contributed by atoms with E-state index in [4.69, 9.17) is 10.5 Å². The van der Waals surface area contributed by atoms with Gasteiger partial charge in [-0.25, -0.2) is 0 Å². The molecule has 0 bridgehead atoms. The fraction of sp³-hybridized carbons (Fsp3) is 0.632. The summed E-state index contributed by atoms with van der Waals surface area (Å²) >= 11 is 0. The maximum atomic E-state index is 12.3. The fourth-order valence-electron chi connectivity index (χ4n) is 3.72. The van der Waals surface area contributed by atoms with Gasteiger partial charge in [-0.05, 0) is 62.8 Å². The average molecular weight is 369 g/mol. The summed E-state index contributed by atoms with van der Waals surface area (Å²) in [4.78, 5) is 12.3. The Morgan fingerprint density at radius 3 is 2.48 bits per heavy atom. The molecule has 0 aliphatic heterocycles. The number of aliphatic hydroxyl groups is 1. The minimum Gasteiger partial charge on any atom is -0.488 e. The molecule has 4 N–H and O–H groups in total. The second kappa shape index (κ2) is 9.41. The van der Waals surface area contributed by atoms with E-state index >= 15 is 0 Å². The predicted molar refractivity (Wildman–Crippen MR) is 101 cm³/mol. The zero-order chi connectivity index (χ0) is 16.9. The van der Waals surface area contributed by atoms with Gasteiger partial charge < -0.3 is 20.9 Å². The number of nitrogens with two attached hydrogens (primary N) is 1. The van der Waals surface area contributed by atoms with Gasteiger partial charge in [0.15, 0.2) is 0 Å². The Kier molecular flexibility index (Phi) is 7.54. The molecule has 2 saturated carbocycles. The number of ether oxygens (including phenoxy) is 1. The summed E-state index contributed by atoms with van der Waals surface area (Å²) in [5.74, 6) is 0.808. The molecule has 4 atom stereocenters. The molecule has 25 heavy (non-hydrogen) atoms. The number of aliphatic hydroxyl groups excluding tert-OH is 1. The molecule has 1 aromatic rings. The van der Waals surface area contributed by atoms with Crippen molar-refractivity contribution in [1.29, 1.82) is 0 Å². The van der Waals surface area contributed by atoms with Gasteiger partial charge in [-0.2, -0.15) is 0 Å². The maximum absolute atomic E-state index is 12.3. The number of halogens is 1. The van der Waals surface area contributed by atoms with Crippen molar-refractivity contribution < 1.29 is 14.6 Å². The van der Waals surface area contributed by atoms with Gasteiger partial charge in [0.05, 0.1) is 6.10 Å². The fourth-order valence-corrected chi connectivity index (χ4v) is 3.72. The Bertz CT molecular complexity index is 552. The monoisotopic (exact) mass is 368 g/mol. The summed E-state index contributed by atoms with van der Waals surface area (Å²) in [6.07, 6.45) is 7.09. The van der Waals surface area contributed by atoms with Crippen LogP contribution in [0.25, 0.3) is 0 Å². The summed E-state index contributed by atoms with van der Waals surface area (Å²) in [5.41, 5.74) is 6.73. The van der Waals surface area contributed by atoms with Crippen LogP contribution in [0.4, 0.5) is 5.69 Å². The highest BCUT2D eigenvalue weighted by Gasteiger charge is 2.26. The minimum atomic E-state index is -0.381. The number of benzene rings is 1. The molecule has 2 aliphatic carbocycles.